The van der Waals surface area contributed by atoms with E-state index in [-0.39, 0.29) is 18.5 Å². The molecule has 4 nitrogen and oxygen atoms in total. The van der Waals surface area contributed by atoms with E-state index in [1.807, 2.05) is 0 Å². The minimum atomic E-state index is -2.84. The Bertz CT molecular complexity index is 493. The van der Waals surface area contributed by atoms with Crippen LogP contribution in [0, 0.1) is 5.82 Å². The Morgan fingerprint density at radius 1 is 1.48 bits per heavy atom. The molecule has 0 aromatic heterocycles. The fourth-order valence-electron chi connectivity index (χ4n) is 2.06. The second kappa shape index (κ2) is 6.34. The third kappa shape index (κ3) is 4.63. The number of rotatable bonds is 5. The van der Waals surface area contributed by atoms with Gasteiger partial charge >= 0.3 is 0 Å². The van der Waals surface area contributed by atoms with Gasteiger partial charge in [-0.25, -0.2) is 13.2 Å². The lowest BCUT2D eigenvalue weighted by molar-refractivity contribution is -0.123. The molecule has 116 valence electrons. The quantitative estimate of drug-likeness (QED) is 0.870. The van der Waals surface area contributed by atoms with Crippen molar-refractivity contribution in [3.8, 4) is 5.75 Å². The number of nitrogens with one attached hydrogen (secondary N) is 2. The van der Waals surface area contributed by atoms with Crippen molar-refractivity contribution in [3.05, 3.63) is 30.1 Å². The van der Waals surface area contributed by atoms with Crippen molar-refractivity contribution in [1.29, 1.82) is 0 Å². The van der Waals surface area contributed by atoms with Crippen molar-refractivity contribution in [2.75, 3.05) is 13.1 Å². The first-order valence-electron chi connectivity index (χ1n) is 6.67. The van der Waals surface area contributed by atoms with Crippen molar-refractivity contribution in [3.63, 3.8) is 0 Å². The molecule has 1 aliphatic heterocycles. The van der Waals surface area contributed by atoms with Gasteiger partial charge in [-0.2, -0.15) is 0 Å². The van der Waals surface area contributed by atoms with E-state index >= 15 is 0 Å². The fraction of sp³-hybridized carbons (Fsp3) is 0.500. The highest BCUT2D eigenvalue weighted by atomic mass is 19.3. The van der Waals surface area contributed by atoms with E-state index in [1.54, 1.807) is 6.92 Å². The Balaban J connectivity index is 1.75. The molecule has 0 bridgehead atoms. The highest BCUT2D eigenvalue weighted by Gasteiger charge is 2.42. The number of carbonyl (C=O) groups excluding carboxylic acids is 1. The summed E-state index contributed by atoms with van der Waals surface area (Å²) in [7, 11) is 0. The first kappa shape index (κ1) is 15.6. The van der Waals surface area contributed by atoms with Gasteiger partial charge in [0.25, 0.3) is 5.92 Å². The Morgan fingerprint density at radius 2 is 2.14 bits per heavy atom. The van der Waals surface area contributed by atoms with Crippen LogP contribution in [0.25, 0.3) is 0 Å². The minimum Gasteiger partial charge on any atom is -0.489 e. The second-order valence-electron chi connectivity index (χ2n) is 5.12. The summed E-state index contributed by atoms with van der Waals surface area (Å²) >= 11 is 0. The molecule has 2 N–H and O–H groups in total. The van der Waals surface area contributed by atoms with Crippen LogP contribution in [0.1, 0.15) is 13.3 Å². The maximum atomic E-state index is 13.0. The molecular formula is C14H17F3N2O2. The van der Waals surface area contributed by atoms with E-state index in [9.17, 15) is 18.0 Å². The van der Waals surface area contributed by atoms with Crippen LogP contribution in [-0.2, 0) is 4.79 Å². The standard InChI is InChI=1S/C14H17F3N2O2/c1-9(21-11-4-2-10(15)3-5-11)7-18-13(20)12-6-14(16,17)8-19-12/h2-5,9,12,19H,6-8H2,1H3,(H,18,20). The van der Waals surface area contributed by atoms with Crippen LogP contribution in [0.4, 0.5) is 13.2 Å². The fourth-order valence-corrected chi connectivity index (χ4v) is 2.06. The molecule has 0 saturated carbocycles. The molecule has 0 aliphatic carbocycles. The van der Waals surface area contributed by atoms with Crippen LogP contribution in [0.15, 0.2) is 24.3 Å². The van der Waals surface area contributed by atoms with Crippen LogP contribution in [0.3, 0.4) is 0 Å². The van der Waals surface area contributed by atoms with Crippen molar-refractivity contribution < 1.29 is 22.7 Å². The Labute approximate surface area is 120 Å². The average molecular weight is 302 g/mol. The van der Waals surface area contributed by atoms with Crippen LogP contribution in [0.2, 0.25) is 0 Å². The van der Waals surface area contributed by atoms with Gasteiger partial charge in [-0.3, -0.25) is 10.1 Å². The van der Waals surface area contributed by atoms with E-state index in [4.69, 9.17) is 4.74 Å². The van der Waals surface area contributed by atoms with Gasteiger partial charge in [-0.15, -0.1) is 0 Å². The number of amides is 1. The highest BCUT2D eigenvalue weighted by Crippen LogP contribution is 2.25. The molecule has 0 spiro atoms. The predicted octanol–water partition coefficient (Wildman–Crippen LogP) is 1.71. The van der Waals surface area contributed by atoms with Crippen molar-refractivity contribution in [2.45, 2.75) is 31.4 Å². The molecule has 1 aromatic rings. The maximum absolute atomic E-state index is 13.0. The SMILES string of the molecule is CC(CNC(=O)C1CC(F)(F)CN1)Oc1ccc(F)cc1. The van der Waals surface area contributed by atoms with Gasteiger partial charge in [0, 0.05) is 6.42 Å². The van der Waals surface area contributed by atoms with Crippen LogP contribution in [0.5, 0.6) is 5.75 Å². The molecule has 1 saturated heterocycles. The molecule has 1 fully saturated rings. The third-order valence-electron chi connectivity index (χ3n) is 3.14. The predicted molar refractivity (Wildman–Crippen MR) is 70.9 cm³/mol. The normalized spacial score (nSPS) is 21.8. The molecule has 2 rings (SSSR count). The van der Waals surface area contributed by atoms with Gasteiger partial charge in [0.1, 0.15) is 17.7 Å². The molecule has 21 heavy (non-hydrogen) atoms. The summed E-state index contributed by atoms with van der Waals surface area (Å²) < 4.78 is 44.2. The number of benzene rings is 1. The van der Waals surface area contributed by atoms with Gasteiger partial charge in [-0.1, -0.05) is 0 Å². The molecule has 2 unspecified atom stereocenters. The highest BCUT2D eigenvalue weighted by molar-refractivity contribution is 5.82. The molecule has 1 aromatic carbocycles. The van der Waals surface area contributed by atoms with Crippen molar-refractivity contribution >= 4 is 5.91 Å². The monoisotopic (exact) mass is 302 g/mol. The number of alkyl halides is 2. The lowest BCUT2D eigenvalue weighted by Crippen LogP contribution is -2.43. The molecule has 2 atom stereocenters. The molecule has 1 heterocycles. The zero-order valence-electron chi connectivity index (χ0n) is 11.5. The molecule has 1 aliphatic rings. The van der Waals surface area contributed by atoms with E-state index in [0.717, 1.165) is 0 Å². The largest absolute Gasteiger partial charge is 0.489 e. The summed E-state index contributed by atoms with van der Waals surface area (Å²) in [5.74, 6) is -3.19. The van der Waals surface area contributed by atoms with Gasteiger partial charge in [-0.05, 0) is 31.2 Å². The summed E-state index contributed by atoms with van der Waals surface area (Å²) in [4.78, 5) is 11.7. The summed E-state index contributed by atoms with van der Waals surface area (Å²) in [5.41, 5.74) is 0. The number of carbonyl (C=O) groups is 1. The van der Waals surface area contributed by atoms with Crippen LogP contribution < -0.4 is 15.4 Å². The van der Waals surface area contributed by atoms with Crippen molar-refractivity contribution in [1.82, 2.24) is 10.6 Å². The van der Waals surface area contributed by atoms with Gasteiger partial charge in [0.05, 0.1) is 19.1 Å². The van der Waals surface area contributed by atoms with E-state index in [1.165, 1.54) is 24.3 Å². The van der Waals surface area contributed by atoms with Crippen LogP contribution in [-0.4, -0.2) is 37.1 Å². The number of hydrogen-bond acceptors (Lipinski definition) is 3. The molecule has 1 amide bonds. The summed E-state index contributed by atoms with van der Waals surface area (Å²) in [6.07, 6.45) is -0.854. The Kier molecular flexibility index (Phi) is 4.72. The first-order valence-corrected chi connectivity index (χ1v) is 6.67. The van der Waals surface area contributed by atoms with Gasteiger partial charge < -0.3 is 10.1 Å². The Hall–Kier alpha value is -1.76. The third-order valence-corrected chi connectivity index (χ3v) is 3.14. The summed E-state index contributed by atoms with van der Waals surface area (Å²) in [6.45, 7) is 1.42. The van der Waals surface area contributed by atoms with Gasteiger partial charge in [0.15, 0.2) is 0 Å². The number of hydrogen-bond donors (Lipinski definition) is 2. The van der Waals surface area contributed by atoms with E-state index in [2.05, 4.69) is 10.6 Å². The first-order chi connectivity index (χ1) is 9.85. The molecular weight excluding hydrogens is 285 g/mol. The smallest absolute Gasteiger partial charge is 0.262 e. The zero-order chi connectivity index (χ0) is 15.5. The summed E-state index contributed by atoms with van der Waals surface area (Å²) in [5, 5.41) is 5.04. The van der Waals surface area contributed by atoms with Crippen LogP contribution >= 0.6 is 0 Å². The molecule has 7 heteroatoms. The van der Waals surface area contributed by atoms with E-state index < -0.39 is 30.8 Å². The number of ether oxygens (including phenoxy) is 1. The topological polar surface area (TPSA) is 50.4 Å². The minimum absolute atomic E-state index is 0.181. The molecule has 0 radical (unpaired) electrons. The lowest BCUT2D eigenvalue weighted by atomic mass is 10.2. The van der Waals surface area contributed by atoms with E-state index in [0.29, 0.717) is 5.75 Å². The second-order valence-corrected chi connectivity index (χ2v) is 5.12. The summed E-state index contributed by atoms with van der Waals surface area (Å²) in [6, 6.07) is 4.62. The Morgan fingerprint density at radius 3 is 2.71 bits per heavy atom. The van der Waals surface area contributed by atoms with Crippen molar-refractivity contribution in [2.24, 2.45) is 0 Å². The average Bonchev–Trinajstić information content (AvgIpc) is 2.79. The number of halogens is 3. The zero-order valence-corrected chi connectivity index (χ0v) is 11.5. The lowest BCUT2D eigenvalue weighted by Gasteiger charge is -2.17. The maximum Gasteiger partial charge on any atom is 0.262 e. The van der Waals surface area contributed by atoms with Gasteiger partial charge in [0.2, 0.25) is 5.91 Å².